The summed E-state index contributed by atoms with van der Waals surface area (Å²) in [5, 5.41) is 0. The van der Waals surface area contributed by atoms with Crippen molar-refractivity contribution in [1.82, 2.24) is 14.1 Å². The van der Waals surface area contributed by atoms with Crippen molar-refractivity contribution in [3.05, 3.63) is 29.8 Å². The molecule has 0 radical (unpaired) electrons. The van der Waals surface area contributed by atoms with Crippen molar-refractivity contribution in [2.45, 2.75) is 56.6 Å². The molecule has 3 aliphatic rings. The van der Waals surface area contributed by atoms with E-state index in [1.54, 1.807) is 17.0 Å². The first-order valence-corrected chi connectivity index (χ1v) is 13.0. The number of likely N-dealkylation sites (tertiary alicyclic amines) is 2. The summed E-state index contributed by atoms with van der Waals surface area (Å²) in [6.07, 6.45) is 3.21. The predicted molar refractivity (Wildman–Crippen MR) is 120 cm³/mol. The van der Waals surface area contributed by atoms with Crippen molar-refractivity contribution >= 4 is 21.8 Å². The standard InChI is InChI=1S/C23H33N3O5S/c1-17-15-26(16-18(2)31-17)32(29,30)21-7-5-19(6-8-21)22(27)25-13-9-20(10-14-25)23(28)24-11-3-4-12-24/h5-8,17-18,20H,3-4,9-16H2,1-2H3. The number of piperidine rings is 1. The molecule has 0 saturated carbocycles. The van der Waals surface area contributed by atoms with Crippen LogP contribution in [0.5, 0.6) is 0 Å². The fourth-order valence-corrected chi connectivity index (χ4v) is 6.54. The summed E-state index contributed by atoms with van der Waals surface area (Å²) in [5.41, 5.74) is 0.469. The van der Waals surface area contributed by atoms with Gasteiger partial charge in [0.2, 0.25) is 15.9 Å². The molecule has 2 atom stereocenters. The lowest BCUT2D eigenvalue weighted by Crippen LogP contribution is -2.48. The maximum atomic E-state index is 13.0. The Hall–Kier alpha value is -1.97. The van der Waals surface area contributed by atoms with E-state index in [2.05, 4.69) is 0 Å². The quantitative estimate of drug-likeness (QED) is 0.681. The average molecular weight is 464 g/mol. The van der Waals surface area contributed by atoms with E-state index >= 15 is 0 Å². The van der Waals surface area contributed by atoms with Crippen molar-refractivity contribution in [2.75, 3.05) is 39.3 Å². The predicted octanol–water partition coefficient (Wildman–Crippen LogP) is 1.96. The molecule has 3 aliphatic heterocycles. The fraction of sp³-hybridized carbons (Fsp3) is 0.652. The number of carbonyl (C=O) groups excluding carboxylic acids is 2. The minimum absolute atomic E-state index is 0.00275. The van der Waals surface area contributed by atoms with Crippen LogP contribution in [0.25, 0.3) is 0 Å². The molecule has 0 bridgehead atoms. The van der Waals surface area contributed by atoms with Gasteiger partial charge in [-0.25, -0.2) is 8.42 Å². The van der Waals surface area contributed by atoms with Crippen LogP contribution in [0.15, 0.2) is 29.2 Å². The van der Waals surface area contributed by atoms with Crippen LogP contribution in [-0.4, -0.2) is 85.8 Å². The summed E-state index contributed by atoms with van der Waals surface area (Å²) in [6, 6.07) is 6.20. The summed E-state index contributed by atoms with van der Waals surface area (Å²) in [6.45, 7) is 7.17. The van der Waals surface area contributed by atoms with Gasteiger partial charge in [-0.15, -0.1) is 0 Å². The third-order valence-corrected chi connectivity index (χ3v) is 8.52. The van der Waals surface area contributed by atoms with Crippen LogP contribution >= 0.6 is 0 Å². The lowest BCUT2D eigenvalue weighted by molar-refractivity contribution is -0.135. The Morgan fingerprint density at radius 2 is 1.44 bits per heavy atom. The second-order valence-electron chi connectivity index (χ2n) is 9.20. The van der Waals surface area contributed by atoms with Crippen molar-refractivity contribution in [2.24, 2.45) is 5.92 Å². The minimum Gasteiger partial charge on any atom is -0.373 e. The molecule has 0 aliphatic carbocycles. The Morgan fingerprint density at radius 3 is 2.00 bits per heavy atom. The first-order valence-electron chi connectivity index (χ1n) is 11.6. The fourth-order valence-electron chi connectivity index (χ4n) is 4.95. The highest BCUT2D eigenvalue weighted by Gasteiger charge is 2.33. The highest BCUT2D eigenvalue weighted by atomic mass is 32.2. The van der Waals surface area contributed by atoms with E-state index in [0.717, 1.165) is 25.9 Å². The second-order valence-corrected chi connectivity index (χ2v) is 11.1. The largest absolute Gasteiger partial charge is 0.373 e. The Bertz CT molecular complexity index is 925. The molecule has 9 heteroatoms. The highest BCUT2D eigenvalue weighted by Crippen LogP contribution is 2.25. The topological polar surface area (TPSA) is 87.2 Å². The summed E-state index contributed by atoms with van der Waals surface area (Å²) in [7, 11) is -3.63. The smallest absolute Gasteiger partial charge is 0.253 e. The number of rotatable bonds is 4. The Kier molecular flexibility index (Phi) is 6.88. The van der Waals surface area contributed by atoms with Gasteiger partial charge in [-0.2, -0.15) is 4.31 Å². The van der Waals surface area contributed by atoms with Gasteiger partial charge in [0.25, 0.3) is 5.91 Å². The van der Waals surface area contributed by atoms with Gasteiger partial charge in [-0.3, -0.25) is 9.59 Å². The lowest BCUT2D eigenvalue weighted by atomic mass is 9.95. The summed E-state index contributed by atoms with van der Waals surface area (Å²) in [4.78, 5) is 29.4. The van der Waals surface area contributed by atoms with E-state index in [1.807, 2.05) is 18.7 Å². The number of hydrogen-bond donors (Lipinski definition) is 0. The van der Waals surface area contributed by atoms with Gasteiger partial charge < -0.3 is 14.5 Å². The Labute approximate surface area is 190 Å². The van der Waals surface area contributed by atoms with Crippen molar-refractivity contribution in [3.63, 3.8) is 0 Å². The minimum atomic E-state index is -3.63. The third-order valence-electron chi connectivity index (χ3n) is 6.67. The van der Waals surface area contributed by atoms with Gasteiger partial charge in [0, 0.05) is 50.7 Å². The molecule has 2 unspecified atom stereocenters. The van der Waals surface area contributed by atoms with Gasteiger partial charge in [-0.05, 0) is 63.8 Å². The monoisotopic (exact) mass is 463 g/mol. The molecule has 2 amide bonds. The van der Waals surface area contributed by atoms with E-state index < -0.39 is 10.0 Å². The molecular formula is C23H33N3O5S. The highest BCUT2D eigenvalue weighted by molar-refractivity contribution is 7.89. The summed E-state index contributed by atoms with van der Waals surface area (Å²) in [5.74, 6) is 0.119. The molecule has 1 aromatic rings. The van der Waals surface area contributed by atoms with Crippen molar-refractivity contribution in [1.29, 1.82) is 0 Å². The maximum Gasteiger partial charge on any atom is 0.253 e. The zero-order valence-corrected chi connectivity index (χ0v) is 19.7. The molecule has 4 rings (SSSR count). The van der Waals surface area contributed by atoms with Crippen LogP contribution in [-0.2, 0) is 19.6 Å². The average Bonchev–Trinajstić information content (AvgIpc) is 3.33. The number of carbonyl (C=O) groups is 2. The number of sulfonamides is 1. The zero-order chi connectivity index (χ0) is 22.9. The first kappa shape index (κ1) is 23.2. The van der Waals surface area contributed by atoms with Crippen LogP contribution in [0.4, 0.5) is 0 Å². The Morgan fingerprint density at radius 1 is 0.875 bits per heavy atom. The number of amides is 2. The van der Waals surface area contributed by atoms with Gasteiger partial charge >= 0.3 is 0 Å². The number of ether oxygens (including phenoxy) is 1. The van der Waals surface area contributed by atoms with Crippen LogP contribution in [0.3, 0.4) is 0 Å². The molecule has 0 aromatic heterocycles. The SMILES string of the molecule is CC1CN(S(=O)(=O)c2ccc(C(=O)N3CCC(C(=O)N4CCCC4)CC3)cc2)CC(C)O1. The number of nitrogens with zero attached hydrogens (tertiary/aromatic N) is 3. The zero-order valence-electron chi connectivity index (χ0n) is 18.9. The lowest BCUT2D eigenvalue weighted by Gasteiger charge is -2.34. The third kappa shape index (κ3) is 4.84. The molecule has 0 N–H and O–H groups in total. The van der Waals surface area contributed by atoms with Gasteiger partial charge in [-0.1, -0.05) is 0 Å². The summed E-state index contributed by atoms with van der Waals surface area (Å²) < 4.78 is 33.1. The first-order chi connectivity index (χ1) is 15.3. The van der Waals surface area contributed by atoms with Crippen LogP contribution in [0.1, 0.15) is 49.9 Å². The van der Waals surface area contributed by atoms with E-state index in [1.165, 1.54) is 16.4 Å². The molecule has 1 aromatic carbocycles. The molecule has 3 saturated heterocycles. The van der Waals surface area contributed by atoms with Gasteiger partial charge in [0.15, 0.2) is 0 Å². The van der Waals surface area contributed by atoms with Crippen LogP contribution < -0.4 is 0 Å². The van der Waals surface area contributed by atoms with Crippen molar-refractivity contribution in [3.8, 4) is 0 Å². The van der Waals surface area contributed by atoms with Crippen LogP contribution in [0, 0.1) is 5.92 Å². The molecule has 3 heterocycles. The number of hydrogen-bond acceptors (Lipinski definition) is 5. The normalized spacial score (nSPS) is 25.8. The molecule has 176 valence electrons. The van der Waals surface area contributed by atoms with E-state index in [-0.39, 0.29) is 34.8 Å². The molecule has 0 spiro atoms. The summed E-state index contributed by atoms with van der Waals surface area (Å²) >= 11 is 0. The molecule has 8 nitrogen and oxygen atoms in total. The van der Waals surface area contributed by atoms with Gasteiger partial charge in [0.05, 0.1) is 17.1 Å². The number of morpholine rings is 1. The molecular weight excluding hydrogens is 430 g/mol. The van der Waals surface area contributed by atoms with E-state index in [0.29, 0.717) is 44.6 Å². The Balaban J connectivity index is 1.37. The molecule has 3 fully saturated rings. The van der Waals surface area contributed by atoms with Crippen LogP contribution in [0.2, 0.25) is 0 Å². The second kappa shape index (κ2) is 9.49. The van der Waals surface area contributed by atoms with Crippen molar-refractivity contribution < 1.29 is 22.7 Å². The van der Waals surface area contributed by atoms with Gasteiger partial charge in [0.1, 0.15) is 0 Å². The number of benzene rings is 1. The van der Waals surface area contributed by atoms with E-state index in [4.69, 9.17) is 4.74 Å². The molecule has 32 heavy (non-hydrogen) atoms. The maximum absolute atomic E-state index is 13.0. The van der Waals surface area contributed by atoms with E-state index in [9.17, 15) is 18.0 Å².